The van der Waals surface area contributed by atoms with E-state index in [-0.39, 0.29) is 11.5 Å². The van der Waals surface area contributed by atoms with Crippen LogP contribution in [0, 0.1) is 0 Å². The van der Waals surface area contributed by atoms with Crippen molar-refractivity contribution in [3.05, 3.63) is 54.1 Å². The molecule has 2 aliphatic rings. The van der Waals surface area contributed by atoms with Crippen molar-refractivity contribution in [2.75, 3.05) is 27.4 Å². The Kier molecular flexibility index (Phi) is 11.7. The lowest BCUT2D eigenvalue weighted by Gasteiger charge is -2.21. The van der Waals surface area contributed by atoms with Crippen LogP contribution in [0.1, 0.15) is 12.5 Å². The molecule has 9 N–H and O–H groups in total. The molecular weight excluding hydrogens is 741 g/mol. The van der Waals surface area contributed by atoms with Crippen molar-refractivity contribution in [3.63, 3.8) is 0 Å². The highest BCUT2D eigenvalue weighted by atomic mass is 31.3. The van der Waals surface area contributed by atoms with Gasteiger partial charge in [0, 0.05) is 0 Å². The van der Waals surface area contributed by atoms with Gasteiger partial charge in [-0.3, -0.25) is 37.7 Å². The standard InChI is InChI=1S/C20H29N4O22P3/c1-39-7-3-23(19(31)21-15(7)29)17-13(27)11(25)9(43-17)5-41-47(33,34)45-49(37,38)46-48(35,36)42-6-10-12(26)14(28)18(44-10)24-4-8(40-2)16(30)22-20(24)32/h3-4,9-14,17-18,25-28H,5-6H2,1-2H3,(H,33,34)(H,35,36)(H,37,38)(H,21,29,31)(H,22,30,32)/t9-,10+,11+,12?,13?,14-,17-,18+/m0/s1. The lowest BCUT2D eigenvalue weighted by Crippen LogP contribution is -2.38. The molecule has 4 rings (SSSR count). The Morgan fingerprint density at radius 1 is 0.653 bits per heavy atom. The van der Waals surface area contributed by atoms with Crippen molar-refractivity contribution in [1.29, 1.82) is 0 Å². The normalized spacial score (nSPS) is 30.7. The van der Waals surface area contributed by atoms with Gasteiger partial charge in [-0.15, -0.1) is 0 Å². The van der Waals surface area contributed by atoms with Crippen LogP contribution in [0.15, 0.2) is 31.6 Å². The number of aliphatic hydroxyl groups excluding tert-OH is 4. The molecule has 4 heterocycles. The number of nitrogens with zero attached hydrogens (tertiary/aromatic N) is 2. The van der Waals surface area contributed by atoms with Gasteiger partial charge in [0.25, 0.3) is 11.1 Å². The van der Waals surface area contributed by atoms with Crippen LogP contribution in [0.3, 0.4) is 0 Å². The molecule has 0 radical (unpaired) electrons. The molecule has 2 saturated heterocycles. The maximum atomic E-state index is 12.3. The third-order valence-electron chi connectivity index (χ3n) is 6.75. The number of rotatable bonds is 14. The van der Waals surface area contributed by atoms with Crippen LogP contribution in [0.25, 0.3) is 0 Å². The van der Waals surface area contributed by atoms with Gasteiger partial charge in [-0.2, -0.15) is 8.62 Å². The zero-order valence-electron chi connectivity index (χ0n) is 24.7. The van der Waals surface area contributed by atoms with E-state index in [0.717, 1.165) is 26.6 Å². The van der Waals surface area contributed by atoms with E-state index in [4.69, 9.17) is 18.9 Å². The van der Waals surface area contributed by atoms with Crippen molar-refractivity contribution in [2.24, 2.45) is 0 Å². The van der Waals surface area contributed by atoms with E-state index < -0.39 is 108 Å². The topological polar surface area (TPSA) is 376 Å². The summed E-state index contributed by atoms with van der Waals surface area (Å²) in [4.78, 5) is 81.1. The van der Waals surface area contributed by atoms with E-state index in [0.29, 0.717) is 9.13 Å². The lowest BCUT2D eigenvalue weighted by molar-refractivity contribution is -0.0551. The van der Waals surface area contributed by atoms with Gasteiger partial charge in [-0.05, 0) is 0 Å². The molecule has 2 aromatic heterocycles. The number of H-pyrrole nitrogens is 2. The number of ether oxygens (including phenoxy) is 4. The SMILES string of the molecule is COc1cn([C@@H]2O[C@H](COP(=O)(O)OP(=O)(O)OP(=O)(O)OC[C@@H]3O[C@H](n4cc(OC)c(=O)[nH]c4=O)C(O)[C@@H]3O)C(O)[C@@H]2O)c(=O)[nH]c1=O. The number of hydrogen-bond donors (Lipinski definition) is 9. The zero-order chi connectivity index (χ0) is 36.6. The fourth-order valence-corrected chi connectivity index (χ4v) is 7.98. The van der Waals surface area contributed by atoms with Crippen LogP contribution in [0.4, 0.5) is 0 Å². The number of nitrogens with one attached hydrogen (secondary N) is 2. The van der Waals surface area contributed by atoms with Crippen LogP contribution in [-0.2, 0) is 40.8 Å². The smallest absolute Gasteiger partial charge is 0.490 e. The maximum Gasteiger partial charge on any atom is 0.490 e. The average Bonchev–Trinajstić information content (AvgIpc) is 3.43. The van der Waals surface area contributed by atoms with Gasteiger partial charge in [0.1, 0.15) is 36.6 Å². The molecule has 0 aliphatic carbocycles. The number of phosphoric acid groups is 3. The van der Waals surface area contributed by atoms with E-state index in [1.807, 2.05) is 9.97 Å². The minimum Gasteiger partial charge on any atom is -0.490 e. The summed E-state index contributed by atoms with van der Waals surface area (Å²) >= 11 is 0. The van der Waals surface area contributed by atoms with Crippen molar-refractivity contribution in [2.45, 2.75) is 49.1 Å². The van der Waals surface area contributed by atoms with Crippen LogP contribution in [0.2, 0.25) is 0 Å². The first-order valence-electron chi connectivity index (χ1n) is 13.2. The van der Waals surface area contributed by atoms with E-state index >= 15 is 0 Å². The average molecular weight is 770 g/mol. The predicted molar refractivity (Wildman–Crippen MR) is 151 cm³/mol. The highest BCUT2D eigenvalue weighted by Crippen LogP contribution is 2.67. The molecule has 0 spiro atoms. The zero-order valence-corrected chi connectivity index (χ0v) is 27.4. The molecule has 26 nitrogen and oxygen atoms in total. The van der Waals surface area contributed by atoms with Gasteiger partial charge >= 0.3 is 34.8 Å². The number of methoxy groups -OCH3 is 2. The first-order valence-corrected chi connectivity index (χ1v) is 17.7. The molecule has 0 bridgehead atoms. The number of phosphoric ester groups is 2. The van der Waals surface area contributed by atoms with Crippen LogP contribution in [0.5, 0.6) is 11.5 Å². The summed E-state index contributed by atoms with van der Waals surface area (Å²) in [5.74, 6) is -0.779. The molecular formula is C20H29N4O22P3. The van der Waals surface area contributed by atoms with E-state index in [1.54, 1.807) is 0 Å². The van der Waals surface area contributed by atoms with Crippen molar-refractivity contribution >= 4 is 23.5 Å². The lowest BCUT2D eigenvalue weighted by atomic mass is 10.1. The first-order chi connectivity index (χ1) is 22.7. The second-order valence-electron chi connectivity index (χ2n) is 9.98. The maximum absolute atomic E-state index is 12.3. The van der Waals surface area contributed by atoms with Gasteiger partial charge in [0.2, 0.25) is 11.5 Å². The van der Waals surface area contributed by atoms with E-state index in [9.17, 15) is 68.0 Å². The monoisotopic (exact) mass is 770 g/mol. The third-order valence-corrected chi connectivity index (χ3v) is 11.0. The minimum atomic E-state index is -6.04. The van der Waals surface area contributed by atoms with Crippen molar-refractivity contribution in [3.8, 4) is 11.5 Å². The quantitative estimate of drug-likeness (QED) is 0.0821. The molecule has 0 aromatic carbocycles. The number of aromatic amines is 2. The molecule has 0 amide bonds. The molecule has 0 saturated carbocycles. The Morgan fingerprint density at radius 2 is 1.00 bits per heavy atom. The second-order valence-corrected chi connectivity index (χ2v) is 14.6. The van der Waals surface area contributed by atoms with Crippen molar-refractivity contribution < 1.29 is 85.4 Å². The van der Waals surface area contributed by atoms with Crippen molar-refractivity contribution in [1.82, 2.24) is 19.1 Å². The number of aliphatic hydroxyl groups is 4. The number of hydrogen-bond acceptors (Lipinski definition) is 19. The summed E-state index contributed by atoms with van der Waals surface area (Å²) in [5.41, 5.74) is -4.07. The van der Waals surface area contributed by atoms with E-state index in [2.05, 4.69) is 17.7 Å². The summed E-state index contributed by atoms with van der Waals surface area (Å²) in [7, 11) is -15.3. The fourth-order valence-electron chi connectivity index (χ4n) is 4.45. The van der Waals surface area contributed by atoms with E-state index in [1.165, 1.54) is 0 Å². The van der Waals surface area contributed by atoms with Crippen LogP contribution < -0.4 is 32.0 Å². The molecule has 2 fully saturated rings. The third kappa shape index (κ3) is 8.90. The summed E-state index contributed by atoms with van der Waals surface area (Å²) < 4.78 is 75.1. The highest BCUT2D eigenvalue weighted by Gasteiger charge is 2.49. The fraction of sp³-hybridized carbons (Fsp3) is 0.600. The highest BCUT2D eigenvalue weighted by molar-refractivity contribution is 7.66. The van der Waals surface area contributed by atoms with Gasteiger partial charge in [-0.1, -0.05) is 0 Å². The summed E-state index contributed by atoms with van der Waals surface area (Å²) in [5, 5.41) is 41.2. The molecule has 5 unspecified atom stereocenters. The molecule has 2 aromatic rings. The summed E-state index contributed by atoms with van der Waals surface area (Å²) in [6.45, 7) is -2.34. The van der Waals surface area contributed by atoms with Gasteiger partial charge in [0.15, 0.2) is 12.5 Å². The minimum absolute atomic E-state index is 0.390. The Balaban J connectivity index is 1.34. The summed E-state index contributed by atoms with van der Waals surface area (Å²) in [6, 6.07) is 0. The molecule has 276 valence electrons. The molecule has 11 atom stereocenters. The predicted octanol–water partition coefficient (Wildman–Crippen LogP) is -4.29. The Labute approximate surface area is 270 Å². The molecule has 49 heavy (non-hydrogen) atoms. The molecule has 2 aliphatic heterocycles. The van der Waals surface area contributed by atoms with Gasteiger partial charge in [0.05, 0.1) is 39.8 Å². The first kappa shape index (κ1) is 38.9. The largest absolute Gasteiger partial charge is 0.490 e. The Bertz CT molecular complexity index is 1780. The van der Waals surface area contributed by atoms with Crippen LogP contribution in [-0.4, -0.2) is 118 Å². The Hall–Kier alpha value is -2.87. The van der Waals surface area contributed by atoms with Gasteiger partial charge < -0.3 is 54.1 Å². The second kappa shape index (κ2) is 14.8. The number of aromatic nitrogens is 4. The van der Waals surface area contributed by atoms with Gasteiger partial charge in [-0.25, -0.2) is 23.3 Å². The Morgan fingerprint density at radius 3 is 1.33 bits per heavy atom. The summed E-state index contributed by atoms with van der Waals surface area (Å²) in [6.07, 6.45) is -12.8. The molecule has 29 heteroatoms. The van der Waals surface area contributed by atoms with Crippen LogP contribution >= 0.6 is 23.5 Å².